The Labute approximate surface area is 164 Å². The molecule has 0 saturated heterocycles. The molecule has 0 atom stereocenters. The van der Waals surface area contributed by atoms with E-state index in [2.05, 4.69) is 35.8 Å². The minimum atomic E-state index is 0.386. The number of nitrogens with zero attached hydrogens (tertiary/aromatic N) is 2. The number of benzene rings is 3. The lowest BCUT2D eigenvalue weighted by atomic mass is 9.99. The van der Waals surface area contributed by atoms with Gasteiger partial charge in [0.25, 0.3) is 0 Å². The Bertz CT molecular complexity index is 1200. The predicted molar refractivity (Wildman–Crippen MR) is 107 cm³/mol. The zero-order valence-electron chi connectivity index (χ0n) is 15.2. The normalized spacial score (nSPS) is 8.96. The monoisotopic (exact) mass is 358 g/mol. The van der Waals surface area contributed by atoms with Crippen LogP contribution in [0.2, 0.25) is 0 Å². The number of nitriles is 2. The molecule has 0 fully saturated rings. The highest BCUT2D eigenvalue weighted by atomic mass is 16.5. The summed E-state index contributed by atoms with van der Waals surface area (Å²) in [5, 5.41) is 19.0. The molecule has 3 heteroatoms. The van der Waals surface area contributed by atoms with Crippen molar-refractivity contribution in [3.8, 4) is 41.6 Å². The Kier molecular flexibility index (Phi) is 5.76. The molecule has 0 N–H and O–H groups in total. The fourth-order valence-electron chi connectivity index (χ4n) is 2.47. The van der Waals surface area contributed by atoms with Gasteiger partial charge >= 0.3 is 0 Å². The molecule has 0 aromatic heterocycles. The van der Waals surface area contributed by atoms with Crippen molar-refractivity contribution in [2.75, 3.05) is 7.11 Å². The highest BCUT2D eigenvalue weighted by Crippen LogP contribution is 2.16. The van der Waals surface area contributed by atoms with Gasteiger partial charge in [-0.15, -0.1) is 0 Å². The van der Waals surface area contributed by atoms with Crippen molar-refractivity contribution in [1.82, 2.24) is 0 Å². The van der Waals surface area contributed by atoms with E-state index in [0.717, 1.165) is 16.9 Å². The Morgan fingerprint density at radius 3 is 1.57 bits per heavy atom. The van der Waals surface area contributed by atoms with Crippen molar-refractivity contribution in [3.05, 3.63) is 100 Å². The minimum absolute atomic E-state index is 0.386. The van der Waals surface area contributed by atoms with Crippen molar-refractivity contribution in [1.29, 1.82) is 10.5 Å². The Balaban J connectivity index is 1.98. The summed E-state index contributed by atoms with van der Waals surface area (Å²) in [6.07, 6.45) is 0. The standard InChI is InChI=1S/C25H14N2O/c1-28-25-13-9-20(10-14-25)8-12-22-16-23(17-26)21(15-24(22)18-27)11-7-19-5-3-2-4-6-19/h2-6,9-10,13-16H,1H3. The molecular formula is C25H14N2O. The minimum Gasteiger partial charge on any atom is -0.497 e. The number of hydrogen-bond acceptors (Lipinski definition) is 3. The number of ether oxygens (including phenoxy) is 1. The Hall–Kier alpha value is -4.44. The van der Waals surface area contributed by atoms with Crippen LogP contribution >= 0.6 is 0 Å². The molecule has 0 aliphatic rings. The van der Waals surface area contributed by atoms with Crippen molar-refractivity contribution in [3.63, 3.8) is 0 Å². The summed E-state index contributed by atoms with van der Waals surface area (Å²) in [4.78, 5) is 0. The van der Waals surface area contributed by atoms with Gasteiger partial charge in [0.05, 0.1) is 18.2 Å². The molecule has 0 saturated carbocycles. The number of methoxy groups -OCH3 is 1. The van der Waals surface area contributed by atoms with Crippen LogP contribution in [-0.2, 0) is 0 Å². The van der Waals surface area contributed by atoms with E-state index in [-0.39, 0.29) is 0 Å². The van der Waals surface area contributed by atoms with E-state index in [1.807, 2.05) is 54.6 Å². The second-order valence-electron chi connectivity index (χ2n) is 5.76. The molecule has 0 aliphatic carbocycles. The van der Waals surface area contributed by atoms with Gasteiger partial charge in [0.15, 0.2) is 0 Å². The number of hydrogen-bond donors (Lipinski definition) is 0. The smallest absolute Gasteiger partial charge is 0.118 e. The first kappa shape index (κ1) is 18.4. The third-order valence-electron chi connectivity index (χ3n) is 3.95. The summed E-state index contributed by atoms with van der Waals surface area (Å²) in [5.41, 5.74) is 3.42. The number of rotatable bonds is 1. The van der Waals surface area contributed by atoms with E-state index in [4.69, 9.17) is 4.74 Å². The molecule has 0 heterocycles. The van der Waals surface area contributed by atoms with Crippen LogP contribution in [0.25, 0.3) is 0 Å². The summed E-state index contributed by atoms with van der Waals surface area (Å²) in [5.74, 6) is 12.7. The molecule has 3 nitrogen and oxygen atoms in total. The summed E-state index contributed by atoms with van der Waals surface area (Å²) in [6, 6.07) is 24.3. The third-order valence-corrected chi connectivity index (χ3v) is 3.95. The van der Waals surface area contributed by atoms with Crippen molar-refractivity contribution in [2.45, 2.75) is 0 Å². The van der Waals surface area contributed by atoms with Gasteiger partial charge in [0.2, 0.25) is 0 Å². The van der Waals surface area contributed by atoms with Gasteiger partial charge in [-0.25, -0.2) is 0 Å². The maximum Gasteiger partial charge on any atom is 0.118 e. The second-order valence-corrected chi connectivity index (χ2v) is 5.76. The second kappa shape index (κ2) is 8.78. The first-order chi connectivity index (χ1) is 13.7. The van der Waals surface area contributed by atoms with Crippen LogP contribution < -0.4 is 4.74 Å². The lowest BCUT2D eigenvalue weighted by Crippen LogP contribution is -1.92. The molecule has 0 amide bonds. The predicted octanol–water partition coefficient (Wildman–Crippen LogP) is 4.24. The molecule has 0 unspecified atom stereocenters. The SMILES string of the molecule is COc1ccc(C#Cc2cc(C#N)c(C#Cc3ccccc3)cc2C#N)cc1. The average Bonchev–Trinajstić information content (AvgIpc) is 2.77. The quantitative estimate of drug-likeness (QED) is 0.612. The summed E-state index contributed by atoms with van der Waals surface area (Å²) in [7, 11) is 1.60. The van der Waals surface area contributed by atoms with Gasteiger partial charge in [-0.2, -0.15) is 10.5 Å². The van der Waals surface area contributed by atoms with Crippen LogP contribution in [0.3, 0.4) is 0 Å². The highest BCUT2D eigenvalue weighted by Gasteiger charge is 2.07. The van der Waals surface area contributed by atoms with Gasteiger partial charge in [-0.05, 0) is 48.5 Å². The van der Waals surface area contributed by atoms with E-state index in [0.29, 0.717) is 22.3 Å². The van der Waals surface area contributed by atoms with Crippen LogP contribution in [0.5, 0.6) is 5.75 Å². The molecule has 0 radical (unpaired) electrons. The van der Waals surface area contributed by atoms with E-state index >= 15 is 0 Å². The molecule has 130 valence electrons. The van der Waals surface area contributed by atoms with Crippen molar-refractivity contribution >= 4 is 0 Å². The van der Waals surface area contributed by atoms with Gasteiger partial charge in [0, 0.05) is 22.3 Å². The van der Waals surface area contributed by atoms with E-state index < -0.39 is 0 Å². The maximum absolute atomic E-state index is 9.49. The largest absolute Gasteiger partial charge is 0.497 e. The lowest BCUT2D eigenvalue weighted by Gasteiger charge is -2.01. The topological polar surface area (TPSA) is 56.8 Å². The molecular weight excluding hydrogens is 344 g/mol. The Morgan fingerprint density at radius 1 is 0.607 bits per heavy atom. The maximum atomic E-state index is 9.49. The zero-order valence-corrected chi connectivity index (χ0v) is 15.2. The van der Waals surface area contributed by atoms with E-state index in [9.17, 15) is 10.5 Å². The highest BCUT2D eigenvalue weighted by molar-refractivity contribution is 5.61. The van der Waals surface area contributed by atoms with Gasteiger partial charge in [-0.3, -0.25) is 0 Å². The first-order valence-corrected chi connectivity index (χ1v) is 8.45. The summed E-state index contributed by atoms with van der Waals surface area (Å²) in [6.45, 7) is 0. The molecule has 3 aromatic rings. The van der Waals surface area contributed by atoms with Gasteiger partial charge in [0.1, 0.15) is 17.9 Å². The van der Waals surface area contributed by atoms with Crippen LogP contribution in [0.15, 0.2) is 66.7 Å². The van der Waals surface area contributed by atoms with E-state index in [1.54, 1.807) is 19.2 Å². The summed E-state index contributed by atoms with van der Waals surface area (Å²) >= 11 is 0. The third kappa shape index (κ3) is 4.39. The summed E-state index contributed by atoms with van der Waals surface area (Å²) < 4.78 is 5.13. The van der Waals surface area contributed by atoms with Crippen LogP contribution in [-0.4, -0.2) is 7.11 Å². The van der Waals surface area contributed by atoms with Gasteiger partial charge in [-0.1, -0.05) is 41.9 Å². The molecule has 0 spiro atoms. The molecule has 3 aromatic carbocycles. The molecule has 0 bridgehead atoms. The zero-order chi connectivity index (χ0) is 19.8. The van der Waals surface area contributed by atoms with Crippen LogP contribution in [0.1, 0.15) is 33.4 Å². The van der Waals surface area contributed by atoms with Crippen LogP contribution in [0, 0.1) is 46.3 Å². The van der Waals surface area contributed by atoms with Gasteiger partial charge < -0.3 is 4.74 Å². The molecule has 3 rings (SSSR count). The van der Waals surface area contributed by atoms with Crippen LogP contribution in [0.4, 0.5) is 0 Å². The van der Waals surface area contributed by atoms with Crippen molar-refractivity contribution < 1.29 is 4.74 Å². The Morgan fingerprint density at radius 2 is 1.11 bits per heavy atom. The first-order valence-electron chi connectivity index (χ1n) is 8.45. The fraction of sp³-hybridized carbons (Fsp3) is 0.0400. The molecule has 0 aliphatic heterocycles. The van der Waals surface area contributed by atoms with E-state index in [1.165, 1.54) is 0 Å². The lowest BCUT2D eigenvalue weighted by molar-refractivity contribution is 0.415. The fourth-order valence-corrected chi connectivity index (χ4v) is 2.47. The molecule has 28 heavy (non-hydrogen) atoms. The van der Waals surface area contributed by atoms with Crippen molar-refractivity contribution in [2.24, 2.45) is 0 Å². The average molecular weight is 358 g/mol.